The first-order valence-corrected chi connectivity index (χ1v) is 3.67. The Bertz CT molecular complexity index is 186. The molecule has 4 nitrogen and oxygen atoms in total. The zero-order valence-electron chi connectivity index (χ0n) is 6.92. The molecule has 11 heavy (non-hydrogen) atoms. The van der Waals surface area contributed by atoms with Gasteiger partial charge >= 0.3 is 0 Å². The largest absolute Gasteiger partial charge is 0.373 e. The minimum Gasteiger partial charge on any atom is -0.373 e. The highest BCUT2D eigenvalue weighted by molar-refractivity contribution is 6.42. The molecule has 0 fully saturated rings. The van der Waals surface area contributed by atoms with Gasteiger partial charge in [0.25, 0.3) is 0 Å². The van der Waals surface area contributed by atoms with Gasteiger partial charge in [-0.05, 0) is 6.92 Å². The van der Waals surface area contributed by atoms with Gasteiger partial charge in [-0.1, -0.05) is 0 Å². The zero-order chi connectivity index (χ0) is 8.10. The van der Waals surface area contributed by atoms with Crippen molar-refractivity contribution in [3.05, 3.63) is 0 Å². The van der Waals surface area contributed by atoms with Crippen LogP contribution in [0.2, 0.25) is 0 Å². The molecule has 0 aromatic heterocycles. The Morgan fingerprint density at radius 3 is 3.18 bits per heavy atom. The molecule has 1 rings (SSSR count). The van der Waals surface area contributed by atoms with Gasteiger partial charge in [0.1, 0.15) is 5.71 Å². The van der Waals surface area contributed by atoms with Gasteiger partial charge in [0.05, 0.1) is 25.5 Å². The molecule has 1 heterocycles. The third kappa shape index (κ3) is 2.31. The summed E-state index contributed by atoms with van der Waals surface area (Å²) in [6.45, 7) is 3.95. The molecular formula is C7H13N3O. The van der Waals surface area contributed by atoms with E-state index in [1.807, 2.05) is 6.92 Å². The van der Waals surface area contributed by atoms with Gasteiger partial charge in [-0.3, -0.25) is 4.99 Å². The average Bonchev–Trinajstić information content (AvgIpc) is 2.18. The van der Waals surface area contributed by atoms with Crippen molar-refractivity contribution in [2.45, 2.75) is 6.92 Å². The molecule has 0 aliphatic carbocycles. The van der Waals surface area contributed by atoms with Crippen molar-refractivity contribution in [1.29, 1.82) is 0 Å². The highest BCUT2D eigenvalue weighted by atomic mass is 16.5. The van der Waals surface area contributed by atoms with Crippen molar-refractivity contribution in [1.82, 2.24) is 5.43 Å². The number of hydrogen-bond donors (Lipinski definition) is 1. The van der Waals surface area contributed by atoms with Gasteiger partial charge in [0.15, 0.2) is 0 Å². The molecule has 1 N–H and O–H groups in total. The summed E-state index contributed by atoms with van der Waals surface area (Å²) in [5, 5.41) is 4.04. The molecule has 1 aliphatic rings. The summed E-state index contributed by atoms with van der Waals surface area (Å²) in [4.78, 5) is 4.24. The molecule has 0 bridgehead atoms. The van der Waals surface area contributed by atoms with E-state index in [9.17, 15) is 0 Å². The Kier molecular flexibility index (Phi) is 3.04. The molecule has 0 saturated heterocycles. The number of aliphatic imine (C=N–C) groups is 1. The summed E-state index contributed by atoms with van der Waals surface area (Å²) in [6.07, 6.45) is 0. The summed E-state index contributed by atoms with van der Waals surface area (Å²) < 4.78 is 5.24. The lowest BCUT2D eigenvalue weighted by Crippen LogP contribution is -2.18. The minimum atomic E-state index is 0.566. The Balaban J connectivity index is 2.67. The molecule has 0 spiro atoms. The molecule has 0 radical (unpaired) electrons. The van der Waals surface area contributed by atoms with E-state index in [0.29, 0.717) is 13.2 Å². The molecule has 62 valence electrons. The molecule has 1 aliphatic heterocycles. The summed E-state index contributed by atoms with van der Waals surface area (Å²) >= 11 is 0. The van der Waals surface area contributed by atoms with Crippen LogP contribution < -0.4 is 5.43 Å². The lowest BCUT2D eigenvalue weighted by atomic mass is 10.3. The quantitative estimate of drug-likeness (QED) is 0.544. The van der Waals surface area contributed by atoms with E-state index in [1.54, 1.807) is 7.05 Å². The third-order valence-electron chi connectivity index (χ3n) is 1.49. The van der Waals surface area contributed by atoms with Crippen LogP contribution >= 0.6 is 0 Å². The van der Waals surface area contributed by atoms with Crippen LogP contribution in [-0.4, -0.2) is 38.2 Å². The van der Waals surface area contributed by atoms with Crippen LogP contribution in [-0.2, 0) is 4.74 Å². The Hall–Kier alpha value is -0.900. The number of rotatable bonds is 1. The molecular weight excluding hydrogens is 142 g/mol. The second-order valence-electron chi connectivity index (χ2n) is 2.30. The smallest absolute Gasteiger partial charge is 0.107 e. The number of hydrogen-bond acceptors (Lipinski definition) is 4. The van der Waals surface area contributed by atoms with Crippen LogP contribution in [0.3, 0.4) is 0 Å². The predicted molar refractivity (Wildman–Crippen MR) is 45.3 cm³/mol. The Morgan fingerprint density at radius 1 is 1.64 bits per heavy atom. The van der Waals surface area contributed by atoms with E-state index >= 15 is 0 Å². The summed E-state index contributed by atoms with van der Waals surface area (Å²) in [6, 6.07) is 0. The molecule has 0 amide bonds. The van der Waals surface area contributed by atoms with Gasteiger partial charge in [0.2, 0.25) is 0 Å². The van der Waals surface area contributed by atoms with Crippen LogP contribution in [0, 0.1) is 0 Å². The lowest BCUT2D eigenvalue weighted by molar-refractivity contribution is 0.183. The van der Waals surface area contributed by atoms with Crippen LogP contribution in [0.15, 0.2) is 10.1 Å². The Labute approximate surface area is 66.3 Å². The van der Waals surface area contributed by atoms with Crippen molar-refractivity contribution in [3.8, 4) is 0 Å². The molecule has 0 unspecified atom stereocenters. The van der Waals surface area contributed by atoms with Crippen LogP contribution in [0.1, 0.15) is 6.92 Å². The predicted octanol–water partition coefficient (Wildman–Crippen LogP) is 0.0529. The maximum absolute atomic E-state index is 5.24. The van der Waals surface area contributed by atoms with Gasteiger partial charge in [-0.2, -0.15) is 5.10 Å². The monoisotopic (exact) mass is 155 g/mol. The van der Waals surface area contributed by atoms with Crippen molar-refractivity contribution in [2.24, 2.45) is 10.1 Å². The fourth-order valence-corrected chi connectivity index (χ4v) is 0.891. The summed E-state index contributed by atoms with van der Waals surface area (Å²) in [5.41, 5.74) is 4.59. The first-order chi connectivity index (χ1) is 5.34. The van der Waals surface area contributed by atoms with E-state index in [2.05, 4.69) is 15.5 Å². The first kappa shape index (κ1) is 8.20. The number of nitrogens with one attached hydrogen (secondary N) is 1. The van der Waals surface area contributed by atoms with Crippen molar-refractivity contribution >= 4 is 11.4 Å². The van der Waals surface area contributed by atoms with Crippen molar-refractivity contribution < 1.29 is 4.74 Å². The molecule has 0 saturated carbocycles. The van der Waals surface area contributed by atoms with Crippen LogP contribution in [0.5, 0.6) is 0 Å². The van der Waals surface area contributed by atoms with E-state index in [1.165, 1.54) is 0 Å². The molecule has 0 atom stereocenters. The topological polar surface area (TPSA) is 46.0 Å². The van der Waals surface area contributed by atoms with Gasteiger partial charge in [-0.25, -0.2) is 0 Å². The number of nitrogens with zero attached hydrogens (tertiary/aromatic N) is 2. The standard InChI is InChI=1S/C7H13N3O/c1-6-7(10-8-2)5-11-4-3-9-6/h8H,3-5H2,1-2H3/b10-7+. The highest BCUT2D eigenvalue weighted by Crippen LogP contribution is 1.92. The van der Waals surface area contributed by atoms with Gasteiger partial charge in [0, 0.05) is 7.05 Å². The second-order valence-corrected chi connectivity index (χ2v) is 2.30. The zero-order valence-corrected chi connectivity index (χ0v) is 6.92. The van der Waals surface area contributed by atoms with Gasteiger partial charge < -0.3 is 10.2 Å². The van der Waals surface area contributed by atoms with Crippen LogP contribution in [0.25, 0.3) is 0 Å². The fourth-order valence-electron chi connectivity index (χ4n) is 0.891. The van der Waals surface area contributed by atoms with Crippen LogP contribution in [0.4, 0.5) is 0 Å². The van der Waals surface area contributed by atoms with E-state index in [0.717, 1.165) is 18.0 Å². The van der Waals surface area contributed by atoms with E-state index in [4.69, 9.17) is 4.74 Å². The second kappa shape index (κ2) is 4.08. The van der Waals surface area contributed by atoms with E-state index in [-0.39, 0.29) is 0 Å². The minimum absolute atomic E-state index is 0.566. The Morgan fingerprint density at radius 2 is 2.45 bits per heavy atom. The normalized spacial score (nSPS) is 22.7. The van der Waals surface area contributed by atoms with E-state index < -0.39 is 0 Å². The highest BCUT2D eigenvalue weighted by Gasteiger charge is 2.06. The van der Waals surface area contributed by atoms with Crippen molar-refractivity contribution in [2.75, 3.05) is 26.8 Å². The number of ether oxygens (including phenoxy) is 1. The molecule has 4 heteroatoms. The first-order valence-electron chi connectivity index (χ1n) is 3.67. The SMILES string of the molecule is CN/N=C1\COCCN=C1C. The van der Waals surface area contributed by atoms with Gasteiger partial charge in [-0.15, -0.1) is 0 Å². The summed E-state index contributed by atoms with van der Waals surface area (Å²) in [7, 11) is 1.77. The maximum atomic E-state index is 5.24. The molecule has 0 aromatic rings. The molecule has 0 aromatic carbocycles. The maximum Gasteiger partial charge on any atom is 0.107 e. The summed E-state index contributed by atoms with van der Waals surface area (Å²) in [5.74, 6) is 0. The lowest BCUT2D eigenvalue weighted by Gasteiger charge is -2.00. The average molecular weight is 155 g/mol. The van der Waals surface area contributed by atoms with Crippen molar-refractivity contribution in [3.63, 3.8) is 0 Å². The number of hydrazone groups is 1. The fraction of sp³-hybridized carbons (Fsp3) is 0.714. The third-order valence-corrected chi connectivity index (χ3v) is 1.49.